The standard InChI is InChI=1S/C54H45BN2S3/c1-30-25-36-37(53(4,5)24-23-52(36,2)3)27-40(30)56-41-29-47-46(58-44-21-12-13-22-45(44)59-47)28-38(41)55-49-42(56)26-33-31-15-8-11-20-43(31)60-51(33)48(49)32-16-14-18-35-50(32)57(55)39-19-10-9-17-34(39)54(35,6)7/h8-22,25-29H,23-24H2,1-7H3. The van der Waals surface area contributed by atoms with Gasteiger partial charge in [-0.15, -0.1) is 11.3 Å². The van der Waals surface area contributed by atoms with Gasteiger partial charge in [0.05, 0.1) is 0 Å². The summed E-state index contributed by atoms with van der Waals surface area (Å²) < 4.78 is 2.74. The SMILES string of the molecule is Cc1cc2c(cc1N1c3cc4c(cc3B3c5c1cc1c(sc6ccccc61)c5-c1cccc5c1N3c1ccccc1C5(C)C)Sc1ccccc1S4)C(C)(C)CCC2(C)C. The van der Waals surface area contributed by atoms with Crippen molar-refractivity contribution in [2.75, 3.05) is 9.71 Å². The van der Waals surface area contributed by atoms with Crippen molar-refractivity contribution in [1.82, 2.24) is 0 Å². The molecule has 0 radical (unpaired) electrons. The van der Waals surface area contributed by atoms with Crippen molar-refractivity contribution in [2.45, 2.75) is 97.1 Å². The molecule has 0 fully saturated rings. The van der Waals surface area contributed by atoms with Crippen LogP contribution in [0.5, 0.6) is 0 Å². The van der Waals surface area contributed by atoms with E-state index in [9.17, 15) is 0 Å². The molecule has 0 saturated heterocycles. The van der Waals surface area contributed by atoms with Crippen molar-refractivity contribution in [3.05, 3.63) is 149 Å². The second-order valence-electron chi connectivity index (χ2n) is 19.6. The van der Waals surface area contributed by atoms with Crippen molar-refractivity contribution in [2.24, 2.45) is 0 Å². The number of nitrogens with zero attached hydrogens (tertiary/aromatic N) is 2. The highest BCUT2D eigenvalue weighted by atomic mass is 32.2. The van der Waals surface area contributed by atoms with Crippen molar-refractivity contribution in [3.8, 4) is 11.1 Å². The number of benzene rings is 7. The summed E-state index contributed by atoms with van der Waals surface area (Å²) in [6.07, 6.45) is 2.38. The third kappa shape index (κ3) is 4.60. The van der Waals surface area contributed by atoms with E-state index in [1.807, 2.05) is 34.9 Å². The fraction of sp³-hybridized carbons (Fsp3) is 0.222. The first-order chi connectivity index (χ1) is 28.9. The minimum Gasteiger partial charge on any atom is -0.376 e. The lowest BCUT2D eigenvalue weighted by atomic mass is 9.42. The molecule has 0 N–H and O–H groups in total. The minimum absolute atomic E-state index is 0.0249. The van der Waals surface area contributed by atoms with E-state index in [-0.39, 0.29) is 23.1 Å². The Hall–Kier alpha value is -4.88. The van der Waals surface area contributed by atoms with Crippen LogP contribution in [0.25, 0.3) is 31.3 Å². The monoisotopic (exact) mass is 828 g/mol. The first kappa shape index (κ1) is 35.8. The van der Waals surface area contributed by atoms with Crippen LogP contribution in [0.3, 0.4) is 0 Å². The van der Waals surface area contributed by atoms with Gasteiger partial charge in [-0.2, -0.15) is 0 Å². The summed E-state index contributed by atoms with van der Waals surface area (Å²) in [7, 11) is 0. The number of hydrogen-bond donors (Lipinski definition) is 0. The lowest BCUT2D eigenvalue weighted by Gasteiger charge is -2.51. The summed E-state index contributed by atoms with van der Waals surface area (Å²) in [6, 6.07) is 47.4. The highest BCUT2D eigenvalue weighted by Gasteiger charge is 2.51. The topological polar surface area (TPSA) is 6.48 Å². The summed E-state index contributed by atoms with van der Waals surface area (Å²) in [6.45, 7) is 17.1. The maximum absolute atomic E-state index is 2.76. The van der Waals surface area contributed by atoms with Gasteiger partial charge in [0.15, 0.2) is 0 Å². The van der Waals surface area contributed by atoms with Crippen LogP contribution in [0.15, 0.2) is 141 Å². The number of rotatable bonds is 1. The quantitative estimate of drug-likeness (QED) is 0.152. The lowest BCUT2D eigenvalue weighted by Crippen LogP contribution is -2.63. The van der Waals surface area contributed by atoms with Gasteiger partial charge in [0, 0.05) is 84.7 Å². The van der Waals surface area contributed by atoms with Gasteiger partial charge < -0.3 is 9.71 Å². The van der Waals surface area contributed by atoms with Crippen LogP contribution in [0.2, 0.25) is 0 Å². The van der Waals surface area contributed by atoms with Gasteiger partial charge in [-0.05, 0) is 118 Å². The van der Waals surface area contributed by atoms with E-state index < -0.39 is 0 Å². The zero-order valence-electron chi connectivity index (χ0n) is 35.2. The van der Waals surface area contributed by atoms with Gasteiger partial charge in [0.25, 0.3) is 0 Å². The molecule has 0 saturated carbocycles. The molecule has 292 valence electrons. The van der Waals surface area contributed by atoms with E-state index in [2.05, 4.69) is 180 Å². The van der Waals surface area contributed by atoms with Crippen LogP contribution in [-0.4, -0.2) is 6.85 Å². The van der Waals surface area contributed by atoms with Crippen LogP contribution in [-0.2, 0) is 16.2 Å². The van der Waals surface area contributed by atoms with E-state index in [0.717, 1.165) is 0 Å². The Morgan fingerprint density at radius 1 is 0.550 bits per heavy atom. The molecule has 5 aliphatic rings. The molecule has 1 aromatic heterocycles. The van der Waals surface area contributed by atoms with Crippen molar-refractivity contribution >= 4 is 101 Å². The van der Waals surface area contributed by atoms with E-state index in [1.54, 1.807) is 0 Å². The normalized spacial score (nSPS) is 17.9. The zero-order valence-corrected chi connectivity index (χ0v) is 37.6. The molecule has 6 heteroatoms. The predicted octanol–water partition coefficient (Wildman–Crippen LogP) is 14.7. The molecule has 1 aliphatic carbocycles. The molecule has 13 rings (SSSR count). The Labute approximate surface area is 366 Å². The van der Waals surface area contributed by atoms with E-state index >= 15 is 0 Å². The molecule has 4 aliphatic heterocycles. The van der Waals surface area contributed by atoms with Crippen LogP contribution < -0.4 is 20.6 Å². The first-order valence-corrected chi connectivity index (χ1v) is 23.9. The number of fused-ring (bicyclic) bond motifs is 13. The third-order valence-corrected chi connectivity index (χ3v) is 18.6. The Morgan fingerprint density at radius 3 is 2.00 bits per heavy atom. The summed E-state index contributed by atoms with van der Waals surface area (Å²) >= 11 is 5.84. The summed E-state index contributed by atoms with van der Waals surface area (Å²) in [5.74, 6) is 0. The Balaban J connectivity index is 1.20. The highest BCUT2D eigenvalue weighted by Crippen LogP contribution is 2.60. The fourth-order valence-electron chi connectivity index (χ4n) is 11.6. The Morgan fingerprint density at radius 2 is 1.22 bits per heavy atom. The van der Waals surface area contributed by atoms with Crippen molar-refractivity contribution < 1.29 is 0 Å². The van der Waals surface area contributed by atoms with E-state index in [0.29, 0.717) is 0 Å². The molecule has 0 unspecified atom stereocenters. The minimum atomic E-state index is -0.163. The molecule has 0 atom stereocenters. The maximum Gasteiger partial charge on any atom is 0.333 e. The molecule has 8 aromatic rings. The molecule has 2 nitrogen and oxygen atoms in total. The number of hydrogen-bond acceptors (Lipinski definition) is 5. The Bertz CT molecular complexity index is 3240. The number of para-hydroxylation sites is 2. The molecular weight excluding hydrogens is 784 g/mol. The molecule has 7 aromatic carbocycles. The molecule has 0 spiro atoms. The number of anilines is 5. The van der Waals surface area contributed by atoms with Gasteiger partial charge in [0.2, 0.25) is 0 Å². The van der Waals surface area contributed by atoms with Gasteiger partial charge >= 0.3 is 6.85 Å². The first-order valence-electron chi connectivity index (χ1n) is 21.5. The fourth-order valence-corrected chi connectivity index (χ4v) is 15.1. The van der Waals surface area contributed by atoms with E-state index in [4.69, 9.17) is 0 Å². The second-order valence-corrected chi connectivity index (χ2v) is 22.8. The average molecular weight is 829 g/mol. The van der Waals surface area contributed by atoms with Gasteiger partial charge in [-0.25, -0.2) is 0 Å². The Kier molecular flexibility index (Phi) is 7.13. The molecular formula is C54H45BN2S3. The summed E-state index contributed by atoms with van der Waals surface area (Å²) in [5, 5.41) is 2.70. The summed E-state index contributed by atoms with van der Waals surface area (Å²) in [4.78, 5) is 10.8. The largest absolute Gasteiger partial charge is 0.376 e. The van der Waals surface area contributed by atoms with Gasteiger partial charge in [-0.1, -0.05) is 138 Å². The predicted molar refractivity (Wildman–Crippen MR) is 260 cm³/mol. The van der Waals surface area contributed by atoms with E-state index in [1.165, 1.54) is 131 Å². The van der Waals surface area contributed by atoms with Crippen LogP contribution in [0, 0.1) is 6.92 Å². The molecule has 5 heterocycles. The molecule has 60 heavy (non-hydrogen) atoms. The van der Waals surface area contributed by atoms with Gasteiger partial charge in [0.1, 0.15) is 0 Å². The average Bonchev–Trinajstić information content (AvgIpc) is 3.62. The van der Waals surface area contributed by atoms with Gasteiger partial charge in [-0.3, -0.25) is 0 Å². The van der Waals surface area contributed by atoms with Crippen molar-refractivity contribution in [3.63, 3.8) is 0 Å². The highest BCUT2D eigenvalue weighted by molar-refractivity contribution is 8.05. The van der Waals surface area contributed by atoms with Crippen LogP contribution in [0.4, 0.5) is 28.4 Å². The third-order valence-electron chi connectivity index (χ3n) is 14.8. The van der Waals surface area contributed by atoms with Crippen molar-refractivity contribution in [1.29, 1.82) is 0 Å². The second kappa shape index (κ2) is 11.9. The lowest BCUT2D eigenvalue weighted by molar-refractivity contribution is 0.332. The molecule has 0 bridgehead atoms. The maximum atomic E-state index is 2.76. The zero-order chi connectivity index (χ0) is 40.6. The number of aryl methyl sites for hydroxylation is 1. The summed E-state index contributed by atoms with van der Waals surface area (Å²) in [5.41, 5.74) is 19.3. The van der Waals surface area contributed by atoms with Crippen LogP contribution >= 0.6 is 34.9 Å². The smallest absolute Gasteiger partial charge is 0.333 e. The molecule has 0 amide bonds. The van der Waals surface area contributed by atoms with Crippen LogP contribution in [0.1, 0.15) is 82.2 Å². The number of thiophene rings is 1.